The van der Waals surface area contributed by atoms with Gasteiger partial charge in [-0.1, -0.05) is 19.1 Å². The first kappa shape index (κ1) is 19.1. The first-order valence-corrected chi connectivity index (χ1v) is 9.90. The highest BCUT2D eigenvalue weighted by Crippen LogP contribution is 2.38. The van der Waals surface area contributed by atoms with Crippen molar-refractivity contribution in [2.75, 3.05) is 16.8 Å². The quantitative estimate of drug-likeness (QED) is 0.832. The van der Waals surface area contributed by atoms with Crippen LogP contribution >= 0.6 is 0 Å². The number of piperidine rings is 1. The van der Waals surface area contributed by atoms with Crippen molar-refractivity contribution in [3.63, 3.8) is 0 Å². The number of aromatic nitrogens is 2. The summed E-state index contributed by atoms with van der Waals surface area (Å²) < 4.78 is 13.4. The number of carbonyl (C=O) groups excluding carboxylic acids is 1. The summed E-state index contributed by atoms with van der Waals surface area (Å²) in [6.45, 7) is 2.89. The van der Waals surface area contributed by atoms with Gasteiger partial charge in [-0.15, -0.1) is 0 Å². The largest absolute Gasteiger partial charge is 0.339 e. The van der Waals surface area contributed by atoms with Crippen molar-refractivity contribution in [2.45, 2.75) is 44.6 Å². The highest BCUT2D eigenvalue weighted by molar-refractivity contribution is 5.97. The third-order valence-corrected chi connectivity index (χ3v) is 5.85. The standard InChI is InChI=1S/C21H22FN5O2/c1-2-14-5-3-4-10-27(14)21-25-18-17(20(29)26-21)16(15(11-23)19(28)24-18)12-6-8-13(22)9-7-12/h6-9,14-16H,2-5,10H2,1H3,(H2,24,25,26,28,29). The summed E-state index contributed by atoms with van der Waals surface area (Å²) in [6, 6.07) is 7.77. The van der Waals surface area contributed by atoms with E-state index in [-0.39, 0.29) is 23.0 Å². The van der Waals surface area contributed by atoms with Gasteiger partial charge in [0.05, 0.1) is 11.6 Å². The van der Waals surface area contributed by atoms with E-state index in [0.717, 1.165) is 32.2 Å². The Labute approximate surface area is 167 Å². The minimum Gasteiger partial charge on any atom is -0.339 e. The molecule has 4 rings (SSSR count). The number of rotatable bonds is 3. The van der Waals surface area contributed by atoms with E-state index in [9.17, 15) is 19.2 Å². The molecule has 0 radical (unpaired) electrons. The van der Waals surface area contributed by atoms with Crippen molar-refractivity contribution >= 4 is 17.7 Å². The number of hydrogen-bond donors (Lipinski definition) is 2. The van der Waals surface area contributed by atoms with Crippen LogP contribution in [0.3, 0.4) is 0 Å². The van der Waals surface area contributed by atoms with Gasteiger partial charge in [0.25, 0.3) is 5.56 Å². The van der Waals surface area contributed by atoms with Gasteiger partial charge in [0.2, 0.25) is 11.9 Å². The second kappa shape index (κ2) is 7.66. The molecule has 3 atom stereocenters. The summed E-state index contributed by atoms with van der Waals surface area (Å²) in [5.74, 6) is -2.23. The molecule has 1 saturated heterocycles. The number of nitrogens with one attached hydrogen (secondary N) is 2. The van der Waals surface area contributed by atoms with Gasteiger partial charge < -0.3 is 10.2 Å². The molecule has 1 aromatic heterocycles. The summed E-state index contributed by atoms with van der Waals surface area (Å²) >= 11 is 0. The Morgan fingerprint density at radius 1 is 1.28 bits per heavy atom. The van der Waals surface area contributed by atoms with Crippen LogP contribution < -0.4 is 15.8 Å². The van der Waals surface area contributed by atoms with Gasteiger partial charge in [0.15, 0.2) is 0 Å². The van der Waals surface area contributed by atoms with E-state index in [1.54, 1.807) is 0 Å². The van der Waals surface area contributed by atoms with Crippen LogP contribution in [0.4, 0.5) is 16.2 Å². The second-order valence-electron chi connectivity index (χ2n) is 7.53. The number of halogens is 1. The predicted molar refractivity (Wildman–Crippen MR) is 106 cm³/mol. The summed E-state index contributed by atoms with van der Waals surface area (Å²) in [7, 11) is 0. The van der Waals surface area contributed by atoms with Gasteiger partial charge in [0, 0.05) is 18.5 Å². The summed E-state index contributed by atoms with van der Waals surface area (Å²) in [6.07, 6.45) is 4.11. The molecule has 3 unspecified atom stereocenters. The average Bonchev–Trinajstić information content (AvgIpc) is 2.73. The Bertz CT molecular complexity index is 1030. The zero-order valence-electron chi connectivity index (χ0n) is 16.1. The van der Waals surface area contributed by atoms with E-state index in [2.05, 4.69) is 27.1 Å². The summed E-state index contributed by atoms with van der Waals surface area (Å²) in [5.41, 5.74) is 0.370. The Kier molecular flexibility index (Phi) is 5.05. The number of H-pyrrole nitrogens is 1. The fraction of sp³-hybridized carbons (Fsp3) is 0.429. The molecule has 2 aromatic rings. The third kappa shape index (κ3) is 3.37. The predicted octanol–water partition coefficient (Wildman–Crippen LogP) is 2.90. The minimum atomic E-state index is -1.10. The Hall–Kier alpha value is -3.21. The maximum Gasteiger partial charge on any atom is 0.258 e. The van der Waals surface area contributed by atoms with E-state index in [0.29, 0.717) is 11.5 Å². The number of amides is 1. The van der Waals surface area contributed by atoms with Gasteiger partial charge in [-0.25, -0.2) is 4.39 Å². The molecule has 0 bridgehead atoms. The minimum absolute atomic E-state index is 0.176. The van der Waals surface area contributed by atoms with Gasteiger partial charge >= 0.3 is 0 Å². The lowest BCUT2D eigenvalue weighted by Crippen LogP contribution is -2.43. The smallest absolute Gasteiger partial charge is 0.258 e. The van der Waals surface area contributed by atoms with E-state index in [1.807, 2.05) is 6.07 Å². The summed E-state index contributed by atoms with van der Waals surface area (Å²) in [5, 5.41) is 12.2. The Morgan fingerprint density at radius 3 is 2.72 bits per heavy atom. The fourth-order valence-electron chi connectivity index (χ4n) is 4.37. The van der Waals surface area contributed by atoms with Crippen LogP contribution in [0.1, 0.15) is 49.7 Å². The number of hydrogen-bond acceptors (Lipinski definition) is 5. The monoisotopic (exact) mass is 395 g/mol. The van der Waals surface area contributed by atoms with Crippen molar-refractivity contribution in [1.82, 2.24) is 9.97 Å². The molecule has 1 fully saturated rings. The first-order chi connectivity index (χ1) is 14.0. The number of carbonyl (C=O) groups is 1. The number of nitriles is 1. The van der Waals surface area contributed by atoms with Crippen LogP contribution in [0.2, 0.25) is 0 Å². The topological polar surface area (TPSA) is 102 Å². The van der Waals surface area contributed by atoms with Gasteiger partial charge in [-0.3, -0.25) is 14.6 Å². The molecule has 2 N–H and O–H groups in total. The molecule has 1 aromatic carbocycles. The lowest BCUT2D eigenvalue weighted by Gasteiger charge is -2.36. The molecular formula is C21H22FN5O2. The maximum absolute atomic E-state index is 13.4. The molecule has 1 amide bonds. The van der Waals surface area contributed by atoms with Crippen molar-refractivity contribution in [3.8, 4) is 6.07 Å². The van der Waals surface area contributed by atoms with E-state index >= 15 is 0 Å². The molecule has 3 heterocycles. The van der Waals surface area contributed by atoms with Crippen LogP contribution in [0.15, 0.2) is 29.1 Å². The molecular weight excluding hydrogens is 373 g/mol. The number of anilines is 2. The Morgan fingerprint density at radius 2 is 2.03 bits per heavy atom. The van der Waals surface area contributed by atoms with Crippen LogP contribution in [0.5, 0.6) is 0 Å². The molecule has 150 valence electrons. The lowest BCUT2D eigenvalue weighted by molar-refractivity contribution is -0.119. The van der Waals surface area contributed by atoms with E-state index < -0.39 is 23.6 Å². The SMILES string of the molecule is CCC1CCCCN1c1nc2c(c(=O)[nH]1)C(c1ccc(F)cc1)C(C#N)C(=O)N2. The van der Waals surface area contributed by atoms with Gasteiger partial charge in [-0.05, 0) is 43.4 Å². The van der Waals surface area contributed by atoms with Crippen LogP contribution in [0, 0.1) is 23.1 Å². The van der Waals surface area contributed by atoms with E-state index in [4.69, 9.17) is 0 Å². The Balaban J connectivity index is 1.83. The van der Waals surface area contributed by atoms with Crippen molar-refractivity contribution in [3.05, 3.63) is 51.6 Å². The van der Waals surface area contributed by atoms with Crippen LogP contribution in [0.25, 0.3) is 0 Å². The van der Waals surface area contributed by atoms with Gasteiger partial charge in [0.1, 0.15) is 17.6 Å². The molecule has 0 aliphatic carbocycles. The molecule has 0 spiro atoms. The average molecular weight is 395 g/mol. The molecule has 2 aliphatic heterocycles. The highest BCUT2D eigenvalue weighted by atomic mass is 19.1. The van der Waals surface area contributed by atoms with E-state index in [1.165, 1.54) is 24.3 Å². The normalized spacial score (nSPS) is 23.8. The third-order valence-electron chi connectivity index (χ3n) is 5.85. The summed E-state index contributed by atoms with van der Waals surface area (Å²) in [4.78, 5) is 35.2. The molecule has 8 heteroatoms. The van der Waals surface area contributed by atoms with Gasteiger partial charge in [-0.2, -0.15) is 10.2 Å². The number of nitrogens with zero attached hydrogens (tertiary/aromatic N) is 3. The van der Waals surface area contributed by atoms with Crippen molar-refractivity contribution in [1.29, 1.82) is 5.26 Å². The van der Waals surface area contributed by atoms with Crippen molar-refractivity contribution < 1.29 is 9.18 Å². The second-order valence-corrected chi connectivity index (χ2v) is 7.53. The maximum atomic E-state index is 13.4. The molecule has 29 heavy (non-hydrogen) atoms. The molecule has 0 saturated carbocycles. The van der Waals surface area contributed by atoms with Crippen LogP contribution in [-0.2, 0) is 4.79 Å². The zero-order valence-corrected chi connectivity index (χ0v) is 16.1. The fourth-order valence-corrected chi connectivity index (χ4v) is 4.37. The number of benzene rings is 1. The highest BCUT2D eigenvalue weighted by Gasteiger charge is 2.40. The zero-order chi connectivity index (χ0) is 20.5. The van der Waals surface area contributed by atoms with Crippen molar-refractivity contribution in [2.24, 2.45) is 5.92 Å². The number of aromatic amines is 1. The molecule has 2 aliphatic rings. The first-order valence-electron chi connectivity index (χ1n) is 9.90. The lowest BCUT2D eigenvalue weighted by atomic mass is 9.79. The van der Waals surface area contributed by atoms with Crippen LogP contribution in [-0.4, -0.2) is 28.5 Å². The molecule has 7 nitrogen and oxygen atoms in total. The number of fused-ring (bicyclic) bond motifs is 1.